The zero-order valence-electron chi connectivity index (χ0n) is 13.5. The van der Waals surface area contributed by atoms with Gasteiger partial charge in [0.2, 0.25) is 5.95 Å². The molecule has 24 heavy (non-hydrogen) atoms. The van der Waals surface area contributed by atoms with Crippen molar-refractivity contribution in [1.82, 2.24) is 9.55 Å². The summed E-state index contributed by atoms with van der Waals surface area (Å²) in [5.41, 5.74) is 9.43. The molecule has 3 aromatic rings. The first kappa shape index (κ1) is 15.5. The summed E-state index contributed by atoms with van der Waals surface area (Å²) in [6.45, 7) is 2.56. The number of fused-ring (bicyclic) bond motifs is 1. The molecule has 1 atom stereocenters. The molecule has 2 aromatic carbocycles. The summed E-state index contributed by atoms with van der Waals surface area (Å²) in [6.07, 6.45) is 2.19. The van der Waals surface area contributed by atoms with Gasteiger partial charge in [0.1, 0.15) is 0 Å². The molecule has 2 heterocycles. The molecule has 0 radical (unpaired) electrons. The Morgan fingerprint density at radius 2 is 1.92 bits per heavy atom. The van der Waals surface area contributed by atoms with E-state index in [0.717, 1.165) is 53.5 Å². The molecule has 1 aliphatic heterocycles. The van der Waals surface area contributed by atoms with E-state index in [1.54, 1.807) is 0 Å². The predicted octanol–water partition coefficient (Wildman–Crippen LogP) is 3.67. The number of para-hydroxylation sites is 2. The lowest BCUT2D eigenvalue weighted by atomic mass is 10.1. The summed E-state index contributed by atoms with van der Waals surface area (Å²) in [5, 5.41) is 0.788. The van der Waals surface area contributed by atoms with E-state index in [2.05, 4.69) is 33.7 Å². The van der Waals surface area contributed by atoms with Crippen molar-refractivity contribution in [2.24, 2.45) is 5.73 Å². The highest BCUT2D eigenvalue weighted by molar-refractivity contribution is 6.31. The largest absolute Gasteiger partial charge is 0.341 e. The predicted molar refractivity (Wildman–Crippen MR) is 99.7 cm³/mol. The summed E-state index contributed by atoms with van der Waals surface area (Å²) in [6, 6.07) is 16.5. The molecule has 124 valence electrons. The molecule has 1 aromatic heterocycles. The summed E-state index contributed by atoms with van der Waals surface area (Å²) in [7, 11) is 0. The van der Waals surface area contributed by atoms with E-state index in [-0.39, 0.29) is 6.04 Å². The van der Waals surface area contributed by atoms with Crippen LogP contribution in [0.15, 0.2) is 48.5 Å². The number of anilines is 1. The number of nitrogens with two attached hydrogens (primary N) is 1. The molecule has 1 saturated heterocycles. The van der Waals surface area contributed by atoms with Gasteiger partial charge in [-0.05, 0) is 36.6 Å². The summed E-state index contributed by atoms with van der Waals surface area (Å²) in [5.74, 6) is 0.992. The molecule has 1 fully saturated rings. The number of hydrogen-bond acceptors (Lipinski definition) is 3. The van der Waals surface area contributed by atoms with Crippen LogP contribution in [-0.2, 0) is 6.54 Å². The molecule has 0 saturated carbocycles. The van der Waals surface area contributed by atoms with E-state index in [4.69, 9.17) is 22.3 Å². The van der Waals surface area contributed by atoms with Crippen molar-refractivity contribution < 1.29 is 0 Å². The van der Waals surface area contributed by atoms with Gasteiger partial charge in [0, 0.05) is 24.2 Å². The van der Waals surface area contributed by atoms with Gasteiger partial charge in [-0.15, -0.1) is 0 Å². The first-order chi connectivity index (χ1) is 11.7. The fourth-order valence-corrected chi connectivity index (χ4v) is 3.64. The minimum atomic E-state index is 0.215. The van der Waals surface area contributed by atoms with Gasteiger partial charge in [-0.3, -0.25) is 0 Å². The van der Waals surface area contributed by atoms with E-state index >= 15 is 0 Å². The highest BCUT2D eigenvalue weighted by Crippen LogP contribution is 2.27. The second-order valence-corrected chi connectivity index (χ2v) is 6.83. The van der Waals surface area contributed by atoms with Crippen LogP contribution in [0.1, 0.15) is 18.4 Å². The fourth-order valence-electron chi connectivity index (χ4n) is 3.45. The van der Waals surface area contributed by atoms with Crippen LogP contribution in [0.25, 0.3) is 11.0 Å². The number of piperidine rings is 1. The number of hydrogen-bond donors (Lipinski definition) is 1. The average Bonchev–Trinajstić information content (AvgIpc) is 2.96. The van der Waals surface area contributed by atoms with Gasteiger partial charge >= 0.3 is 0 Å². The number of aromatic nitrogens is 2. The number of halogens is 1. The number of nitrogens with zero attached hydrogens (tertiary/aromatic N) is 3. The Kier molecular flexibility index (Phi) is 4.17. The molecule has 4 nitrogen and oxygen atoms in total. The molecule has 0 amide bonds. The third kappa shape index (κ3) is 2.87. The molecule has 2 N–H and O–H groups in total. The number of rotatable bonds is 3. The fraction of sp³-hybridized carbons (Fsp3) is 0.316. The van der Waals surface area contributed by atoms with Gasteiger partial charge in [0.05, 0.1) is 17.6 Å². The first-order valence-corrected chi connectivity index (χ1v) is 8.79. The smallest absolute Gasteiger partial charge is 0.206 e. The first-order valence-electron chi connectivity index (χ1n) is 8.41. The van der Waals surface area contributed by atoms with Crippen molar-refractivity contribution in [1.29, 1.82) is 0 Å². The molecule has 4 rings (SSSR count). The van der Waals surface area contributed by atoms with Crippen molar-refractivity contribution in [3.63, 3.8) is 0 Å². The highest BCUT2D eigenvalue weighted by atomic mass is 35.5. The van der Waals surface area contributed by atoms with Crippen LogP contribution in [0.2, 0.25) is 5.02 Å². The van der Waals surface area contributed by atoms with Gasteiger partial charge < -0.3 is 15.2 Å². The normalized spacial score (nSPS) is 18.2. The van der Waals surface area contributed by atoms with Crippen molar-refractivity contribution in [3.8, 4) is 0 Å². The van der Waals surface area contributed by atoms with Gasteiger partial charge in [-0.2, -0.15) is 0 Å². The summed E-state index contributed by atoms with van der Waals surface area (Å²) < 4.78 is 2.26. The van der Waals surface area contributed by atoms with Crippen LogP contribution < -0.4 is 10.6 Å². The highest BCUT2D eigenvalue weighted by Gasteiger charge is 2.22. The van der Waals surface area contributed by atoms with Crippen LogP contribution in [0.3, 0.4) is 0 Å². The Morgan fingerprint density at radius 1 is 1.12 bits per heavy atom. The Balaban J connectivity index is 1.80. The molecule has 0 aliphatic carbocycles. The maximum atomic E-state index is 6.39. The Bertz CT molecular complexity index is 857. The summed E-state index contributed by atoms with van der Waals surface area (Å²) >= 11 is 6.39. The van der Waals surface area contributed by atoms with E-state index < -0.39 is 0 Å². The van der Waals surface area contributed by atoms with Crippen LogP contribution in [0.5, 0.6) is 0 Å². The molecule has 0 bridgehead atoms. The van der Waals surface area contributed by atoms with Crippen molar-refractivity contribution in [2.75, 3.05) is 18.0 Å². The monoisotopic (exact) mass is 340 g/mol. The van der Waals surface area contributed by atoms with Gasteiger partial charge in [0.25, 0.3) is 0 Å². The maximum Gasteiger partial charge on any atom is 0.206 e. The molecule has 0 spiro atoms. The standard InChI is InChI=1S/C19H21ClN4/c20-16-8-2-1-6-14(16)12-24-18-10-4-3-9-17(18)22-19(24)23-11-5-7-15(21)13-23/h1-4,6,8-10,15H,5,7,11-13,21H2/t15-/m1/s1. The third-order valence-corrected chi connectivity index (χ3v) is 5.03. The second kappa shape index (κ2) is 6.46. The van der Waals surface area contributed by atoms with Crippen LogP contribution >= 0.6 is 11.6 Å². The van der Waals surface area contributed by atoms with Gasteiger partial charge in [-0.25, -0.2) is 4.98 Å². The van der Waals surface area contributed by atoms with E-state index in [0.29, 0.717) is 6.54 Å². The zero-order chi connectivity index (χ0) is 16.5. The maximum absolute atomic E-state index is 6.39. The van der Waals surface area contributed by atoms with Crippen LogP contribution in [0, 0.1) is 0 Å². The molecule has 1 aliphatic rings. The topological polar surface area (TPSA) is 47.1 Å². The molecule has 0 unspecified atom stereocenters. The number of imidazole rings is 1. The molecule has 5 heteroatoms. The van der Waals surface area contributed by atoms with Crippen molar-refractivity contribution in [3.05, 3.63) is 59.1 Å². The Hall–Kier alpha value is -2.04. The molecular formula is C19H21ClN4. The summed E-state index contributed by atoms with van der Waals surface area (Å²) in [4.78, 5) is 7.20. The van der Waals surface area contributed by atoms with E-state index in [9.17, 15) is 0 Å². The Morgan fingerprint density at radius 3 is 2.75 bits per heavy atom. The van der Waals surface area contributed by atoms with E-state index in [1.165, 1.54) is 0 Å². The third-order valence-electron chi connectivity index (χ3n) is 4.66. The van der Waals surface area contributed by atoms with Crippen molar-refractivity contribution in [2.45, 2.75) is 25.4 Å². The van der Waals surface area contributed by atoms with E-state index in [1.807, 2.05) is 24.3 Å². The zero-order valence-corrected chi connectivity index (χ0v) is 14.3. The van der Waals surface area contributed by atoms with Crippen LogP contribution in [-0.4, -0.2) is 28.7 Å². The molecular weight excluding hydrogens is 320 g/mol. The minimum Gasteiger partial charge on any atom is -0.341 e. The SMILES string of the molecule is N[C@@H]1CCCN(c2nc3ccccc3n2Cc2ccccc2Cl)C1. The van der Waals surface area contributed by atoms with Gasteiger partial charge in [0.15, 0.2) is 0 Å². The minimum absolute atomic E-state index is 0.215. The lowest BCUT2D eigenvalue weighted by Gasteiger charge is -2.32. The van der Waals surface area contributed by atoms with Crippen LogP contribution in [0.4, 0.5) is 5.95 Å². The second-order valence-electron chi connectivity index (χ2n) is 6.43. The lowest BCUT2D eigenvalue weighted by molar-refractivity contribution is 0.495. The number of benzene rings is 2. The quantitative estimate of drug-likeness (QED) is 0.791. The van der Waals surface area contributed by atoms with Crippen molar-refractivity contribution >= 4 is 28.6 Å². The Labute approximate surface area is 146 Å². The average molecular weight is 341 g/mol. The lowest BCUT2D eigenvalue weighted by Crippen LogP contribution is -2.44. The van der Waals surface area contributed by atoms with Gasteiger partial charge in [-0.1, -0.05) is 41.9 Å².